The van der Waals surface area contributed by atoms with Crippen molar-refractivity contribution in [2.45, 2.75) is 13.1 Å². The summed E-state index contributed by atoms with van der Waals surface area (Å²) >= 11 is 0. The maximum atomic E-state index is 11.9. The van der Waals surface area contributed by atoms with E-state index in [1.165, 1.54) is 12.1 Å². The Hall–Kier alpha value is -1.07. The second-order valence-electron chi connectivity index (χ2n) is 2.36. The van der Waals surface area contributed by atoms with Crippen LogP contribution < -0.4 is 0 Å². The van der Waals surface area contributed by atoms with Gasteiger partial charge in [0, 0.05) is 14.2 Å². The molecule has 2 nitrogen and oxygen atoms in total. The maximum absolute atomic E-state index is 11.9. The van der Waals surface area contributed by atoms with Crippen molar-refractivity contribution in [1.82, 2.24) is 0 Å². The number of aryl methyl sites for hydroxylation is 1. The molecule has 0 heterocycles. The molecule has 0 aliphatic carbocycles. The van der Waals surface area contributed by atoms with E-state index in [2.05, 4.69) is 0 Å². The van der Waals surface area contributed by atoms with Crippen molar-refractivity contribution in [3.8, 4) is 0 Å². The predicted molar refractivity (Wildman–Crippen MR) is 52.5 cm³/mol. The van der Waals surface area contributed by atoms with Crippen molar-refractivity contribution < 1.29 is 23.4 Å². The lowest BCUT2D eigenvalue weighted by Gasteiger charge is -2.05. The average molecular weight is 224 g/mol. The number of benzene rings is 1. The van der Waals surface area contributed by atoms with Gasteiger partial charge in [-0.1, -0.05) is 17.7 Å². The quantitative estimate of drug-likeness (QED) is 0.709. The van der Waals surface area contributed by atoms with Crippen LogP contribution in [0.25, 0.3) is 0 Å². The fourth-order valence-corrected chi connectivity index (χ4v) is 0.743. The molecular weight excluding hydrogens is 209 g/mol. The number of hydrogen-bond acceptors (Lipinski definition) is 2. The van der Waals surface area contributed by atoms with Gasteiger partial charge in [0.1, 0.15) is 0 Å². The molecule has 0 saturated heterocycles. The van der Waals surface area contributed by atoms with E-state index in [1.807, 2.05) is 0 Å². The van der Waals surface area contributed by atoms with E-state index in [0.717, 1.165) is 31.9 Å². The third-order valence-electron chi connectivity index (χ3n) is 1.38. The number of halogens is 3. The van der Waals surface area contributed by atoms with Gasteiger partial charge in [0.15, 0.2) is 0 Å². The molecule has 0 radical (unpaired) electrons. The molecule has 0 aliphatic heterocycles. The van der Waals surface area contributed by atoms with Crippen molar-refractivity contribution in [1.29, 1.82) is 0 Å². The van der Waals surface area contributed by atoms with Gasteiger partial charge in [-0.05, 0) is 19.1 Å². The molecule has 1 aromatic rings. The van der Waals surface area contributed by atoms with Crippen LogP contribution in [0.4, 0.5) is 13.2 Å². The van der Waals surface area contributed by atoms with Crippen LogP contribution in [0.5, 0.6) is 0 Å². The Morgan fingerprint density at radius 3 is 1.47 bits per heavy atom. The molecule has 1 rings (SSSR count). The van der Waals surface area contributed by atoms with Gasteiger partial charge in [-0.25, -0.2) is 0 Å². The molecule has 0 aliphatic rings. The van der Waals surface area contributed by atoms with Gasteiger partial charge >= 0.3 is 6.18 Å². The molecule has 0 atom stereocenters. The van der Waals surface area contributed by atoms with E-state index in [9.17, 15) is 13.2 Å². The predicted octanol–water partition coefficient (Wildman–Crippen LogP) is 2.23. The number of alkyl halides is 3. The first-order valence-electron chi connectivity index (χ1n) is 4.03. The average Bonchev–Trinajstić information content (AvgIpc) is 2.23. The summed E-state index contributed by atoms with van der Waals surface area (Å²) in [5, 5.41) is 14.0. The number of aliphatic hydroxyl groups excluding tert-OH is 2. The summed E-state index contributed by atoms with van der Waals surface area (Å²) in [6, 6.07) is 5.05. The largest absolute Gasteiger partial charge is 0.416 e. The zero-order valence-corrected chi connectivity index (χ0v) is 8.84. The minimum absolute atomic E-state index is 0.594. The summed E-state index contributed by atoms with van der Waals surface area (Å²) < 4.78 is 35.8. The highest BCUT2D eigenvalue weighted by Gasteiger charge is 2.29. The molecule has 0 saturated carbocycles. The summed E-state index contributed by atoms with van der Waals surface area (Å²) in [5.41, 5.74) is 0.237. The molecule has 0 fully saturated rings. The van der Waals surface area contributed by atoms with E-state index in [0.29, 0.717) is 0 Å². The van der Waals surface area contributed by atoms with Gasteiger partial charge < -0.3 is 10.2 Å². The fourth-order valence-electron chi connectivity index (χ4n) is 0.743. The van der Waals surface area contributed by atoms with Gasteiger partial charge in [0.25, 0.3) is 0 Å². The molecule has 5 heteroatoms. The minimum Gasteiger partial charge on any atom is -0.400 e. The maximum Gasteiger partial charge on any atom is 0.416 e. The Kier molecular flexibility index (Phi) is 9.01. The first-order valence-corrected chi connectivity index (χ1v) is 4.03. The number of hydrogen-bond donors (Lipinski definition) is 2. The second kappa shape index (κ2) is 8.26. The minimum atomic E-state index is -4.21. The highest BCUT2D eigenvalue weighted by Crippen LogP contribution is 2.28. The van der Waals surface area contributed by atoms with E-state index >= 15 is 0 Å². The lowest BCUT2D eigenvalue weighted by atomic mass is 10.1. The molecule has 1 aromatic carbocycles. The summed E-state index contributed by atoms with van der Waals surface area (Å²) in [6.07, 6.45) is -4.21. The van der Waals surface area contributed by atoms with Crippen LogP contribution in [0.15, 0.2) is 24.3 Å². The highest BCUT2D eigenvalue weighted by molar-refractivity contribution is 5.23. The molecule has 88 valence electrons. The SMILES string of the molecule is CO.CO.Cc1ccc(C(F)(F)F)cc1. The first-order chi connectivity index (χ1) is 7.00. The van der Waals surface area contributed by atoms with Crippen molar-refractivity contribution in [2.24, 2.45) is 0 Å². The lowest BCUT2D eigenvalue weighted by molar-refractivity contribution is -0.137. The summed E-state index contributed by atoms with van der Waals surface area (Å²) in [7, 11) is 2.00. The molecule has 0 spiro atoms. The topological polar surface area (TPSA) is 40.5 Å². The Morgan fingerprint density at radius 1 is 0.867 bits per heavy atom. The zero-order chi connectivity index (χ0) is 12.5. The van der Waals surface area contributed by atoms with Gasteiger partial charge in [0.05, 0.1) is 5.56 Å². The van der Waals surface area contributed by atoms with E-state index < -0.39 is 11.7 Å². The summed E-state index contributed by atoms with van der Waals surface area (Å²) in [6.45, 7) is 1.75. The Morgan fingerprint density at radius 2 is 1.20 bits per heavy atom. The van der Waals surface area contributed by atoms with Crippen molar-refractivity contribution in [3.63, 3.8) is 0 Å². The smallest absolute Gasteiger partial charge is 0.400 e. The van der Waals surface area contributed by atoms with Crippen LogP contribution in [0, 0.1) is 6.92 Å². The van der Waals surface area contributed by atoms with Gasteiger partial charge in [-0.15, -0.1) is 0 Å². The van der Waals surface area contributed by atoms with E-state index in [-0.39, 0.29) is 0 Å². The van der Waals surface area contributed by atoms with Crippen LogP contribution in [0.1, 0.15) is 11.1 Å². The number of rotatable bonds is 0. The first kappa shape index (κ1) is 16.4. The summed E-state index contributed by atoms with van der Waals surface area (Å²) in [5.74, 6) is 0. The molecule has 2 N–H and O–H groups in total. The standard InChI is InChI=1S/C8H7F3.2CH4O/c1-6-2-4-7(5-3-6)8(9,10)11;2*1-2/h2-5H,1H3;2*2H,1H3. The normalized spacial score (nSPS) is 9.33. The third kappa shape index (κ3) is 6.93. The van der Waals surface area contributed by atoms with Crippen molar-refractivity contribution in [3.05, 3.63) is 35.4 Å². The highest BCUT2D eigenvalue weighted by atomic mass is 19.4. The van der Waals surface area contributed by atoms with Gasteiger partial charge in [-0.3, -0.25) is 0 Å². The van der Waals surface area contributed by atoms with Crippen molar-refractivity contribution in [2.75, 3.05) is 14.2 Å². The van der Waals surface area contributed by atoms with Crippen LogP contribution >= 0.6 is 0 Å². The lowest BCUT2D eigenvalue weighted by Crippen LogP contribution is -2.03. The molecule has 15 heavy (non-hydrogen) atoms. The van der Waals surface area contributed by atoms with Gasteiger partial charge in [-0.2, -0.15) is 13.2 Å². The molecular formula is C10H15F3O2. The van der Waals surface area contributed by atoms with Crippen LogP contribution in [0.3, 0.4) is 0 Å². The Bertz CT molecular complexity index is 242. The molecule has 0 amide bonds. The third-order valence-corrected chi connectivity index (χ3v) is 1.38. The zero-order valence-electron chi connectivity index (χ0n) is 8.84. The van der Waals surface area contributed by atoms with Crippen LogP contribution in [-0.2, 0) is 6.18 Å². The van der Waals surface area contributed by atoms with E-state index in [4.69, 9.17) is 10.2 Å². The van der Waals surface area contributed by atoms with Crippen LogP contribution in [-0.4, -0.2) is 24.4 Å². The van der Waals surface area contributed by atoms with E-state index in [1.54, 1.807) is 6.92 Å². The van der Waals surface area contributed by atoms with Crippen molar-refractivity contribution >= 4 is 0 Å². The van der Waals surface area contributed by atoms with Crippen LogP contribution in [0.2, 0.25) is 0 Å². The molecule has 0 bridgehead atoms. The Labute approximate surface area is 87.0 Å². The molecule has 0 aromatic heterocycles. The molecule has 0 unspecified atom stereocenters. The second-order valence-corrected chi connectivity index (χ2v) is 2.36. The number of aliphatic hydroxyl groups is 2. The fraction of sp³-hybridized carbons (Fsp3) is 0.400. The summed E-state index contributed by atoms with van der Waals surface area (Å²) in [4.78, 5) is 0. The van der Waals surface area contributed by atoms with Gasteiger partial charge in [0.2, 0.25) is 0 Å². The monoisotopic (exact) mass is 224 g/mol. The Balaban J connectivity index is 0.